The van der Waals surface area contributed by atoms with E-state index in [1.165, 1.54) is 12.1 Å². The van der Waals surface area contributed by atoms with E-state index in [2.05, 4.69) is 10.3 Å². The highest BCUT2D eigenvalue weighted by Crippen LogP contribution is 2.23. The smallest absolute Gasteiger partial charge is 0.276 e. The van der Waals surface area contributed by atoms with Crippen molar-refractivity contribution in [3.63, 3.8) is 0 Å². The molecular formula is C12H20N4O2. The van der Waals surface area contributed by atoms with E-state index >= 15 is 0 Å². The second-order valence-corrected chi connectivity index (χ2v) is 4.46. The molecule has 0 aliphatic heterocycles. The summed E-state index contributed by atoms with van der Waals surface area (Å²) in [7, 11) is 1.88. The van der Waals surface area contributed by atoms with Crippen molar-refractivity contribution in [1.29, 1.82) is 0 Å². The van der Waals surface area contributed by atoms with Gasteiger partial charge in [-0.3, -0.25) is 10.1 Å². The van der Waals surface area contributed by atoms with Crippen LogP contribution in [-0.2, 0) is 0 Å². The first-order valence-corrected chi connectivity index (χ1v) is 6.09. The predicted octanol–water partition coefficient (Wildman–Crippen LogP) is 2.66. The van der Waals surface area contributed by atoms with Gasteiger partial charge in [-0.25, -0.2) is 4.98 Å². The topological polar surface area (TPSA) is 71.3 Å². The summed E-state index contributed by atoms with van der Waals surface area (Å²) in [5.41, 5.74) is 0.0612. The van der Waals surface area contributed by atoms with Crippen molar-refractivity contribution >= 4 is 17.3 Å². The van der Waals surface area contributed by atoms with Gasteiger partial charge in [0.15, 0.2) is 0 Å². The normalized spacial score (nSPS) is 10.5. The van der Waals surface area contributed by atoms with Crippen molar-refractivity contribution in [2.45, 2.75) is 33.2 Å². The highest BCUT2D eigenvalue weighted by molar-refractivity contribution is 5.55. The Bertz CT molecular complexity index is 421. The first-order chi connectivity index (χ1) is 8.45. The van der Waals surface area contributed by atoms with Crippen molar-refractivity contribution < 1.29 is 4.92 Å². The summed E-state index contributed by atoms with van der Waals surface area (Å²) in [4.78, 5) is 16.8. The van der Waals surface area contributed by atoms with Gasteiger partial charge in [0.2, 0.25) is 0 Å². The maximum atomic E-state index is 10.9. The van der Waals surface area contributed by atoms with Crippen molar-refractivity contribution in [3.8, 4) is 0 Å². The lowest BCUT2D eigenvalue weighted by Gasteiger charge is -2.22. The third-order valence-electron chi connectivity index (χ3n) is 2.70. The van der Waals surface area contributed by atoms with Gasteiger partial charge < -0.3 is 10.2 Å². The Morgan fingerprint density at radius 3 is 2.67 bits per heavy atom. The van der Waals surface area contributed by atoms with E-state index < -0.39 is 4.92 Å². The van der Waals surface area contributed by atoms with Crippen molar-refractivity contribution in [2.24, 2.45) is 0 Å². The molecule has 6 heteroatoms. The van der Waals surface area contributed by atoms with Crippen molar-refractivity contribution in [2.75, 3.05) is 23.8 Å². The minimum atomic E-state index is -0.392. The molecule has 1 N–H and O–H groups in total. The molecule has 0 unspecified atom stereocenters. The summed E-state index contributed by atoms with van der Waals surface area (Å²) < 4.78 is 0. The molecule has 0 aliphatic carbocycles. The minimum Gasteiger partial charge on any atom is -0.370 e. The van der Waals surface area contributed by atoms with Crippen LogP contribution in [0.4, 0.5) is 17.3 Å². The molecule has 100 valence electrons. The number of hydrogen-bond acceptors (Lipinski definition) is 5. The first-order valence-electron chi connectivity index (χ1n) is 6.09. The second kappa shape index (κ2) is 6.18. The summed E-state index contributed by atoms with van der Waals surface area (Å²) in [6.07, 6.45) is 0.944. The number of nitrogens with zero attached hydrogens (tertiary/aromatic N) is 3. The number of rotatable bonds is 6. The summed E-state index contributed by atoms with van der Waals surface area (Å²) in [5, 5.41) is 14.0. The van der Waals surface area contributed by atoms with Crippen LogP contribution in [0, 0.1) is 10.1 Å². The Kier molecular flexibility index (Phi) is 4.88. The zero-order valence-corrected chi connectivity index (χ0v) is 11.3. The number of anilines is 2. The Morgan fingerprint density at radius 1 is 1.50 bits per heavy atom. The van der Waals surface area contributed by atoms with Gasteiger partial charge in [-0.15, -0.1) is 0 Å². The molecule has 0 atom stereocenters. The van der Waals surface area contributed by atoms with Crippen molar-refractivity contribution in [1.82, 2.24) is 4.98 Å². The maximum Gasteiger partial charge on any atom is 0.276 e. The Morgan fingerprint density at radius 2 is 2.17 bits per heavy atom. The quantitative estimate of drug-likeness (QED) is 0.622. The van der Waals surface area contributed by atoms with E-state index in [1.807, 2.05) is 32.7 Å². The summed E-state index contributed by atoms with van der Waals surface area (Å²) in [5.74, 6) is 1.16. The van der Waals surface area contributed by atoms with Crippen LogP contribution >= 0.6 is 0 Å². The molecular weight excluding hydrogens is 232 g/mol. The van der Waals surface area contributed by atoms with Crippen LogP contribution < -0.4 is 10.2 Å². The monoisotopic (exact) mass is 252 g/mol. The van der Waals surface area contributed by atoms with E-state index in [0.29, 0.717) is 11.6 Å². The number of aromatic nitrogens is 1. The molecule has 0 saturated carbocycles. The Hall–Kier alpha value is -1.85. The molecule has 0 radical (unpaired) electrons. The average Bonchev–Trinajstić information content (AvgIpc) is 2.34. The maximum absolute atomic E-state index is 10.9. The van der Waals surface area contributed by atoms with Crippen LogP contribution in [0.25, 0.3) is 0 Å². The Balaban J connectivity index is 3.09. The molecule has 1 aromatic rings. The zero-order chi connectivity index (χ0) is 13.7. The minimum absolute atomic E-state index is 0.0612. The highest BCUT2D eigenvalue weighted by Gasteiger charge is 2.15. The van der Waals surface area contributed by atoms with Crippen molar-refractivity contribution in [3.05, 3.63) is 22.2 Å². The number of hydrogen-bond donors (Lipinski definition) is 1. The molecule has 1 rings (SSSR count). The molecule has 18 heavy (non-hydrogen) atoms. The van der Waals surface area contributed by atoms with E-state index in [0.717, 1.165) is 13.0 Å². The molecule has 0 bridgehead atoms. The largest absolute Gasteiger partial charge is 0.370 e. The number of pyridine rings is 1. The van der Waals surface area contributed by atoms with Gasteiger partial charge in [0.1, 0.15) is 11.6 Å². The molecule has 1 aromatic heterocycles. The van der Waals surface area contributed by atoms with Crippen LogP contribution in [0.1, 0.15) is 27.2 Å². The van der Waals surface area contributed by atoms with Crippen LogP contribution in [0.3, 0.4) is 0 Å². The molecule has 0 spiro atoms. The third kappa shape index (κ3) is 3.58. The molecule has 0 saturated heterocycles. The number of nitro groups is 1. The third-order valence-corrected chi connectivity index (χ3v) is 2.70. The van der Waals surface area contributed by atoms with Gasteiger partial charge in [-0.2, -0.15) is 0 Å². The second-order valence-electron chi connectivity index (χ2n) is 4.46. The SMILES string of the molecule is CCCNc1cc([N+](=O)[O-])cc(N(C)C(C)C)n1. The fourth-order valence-corrected chi connectivity index (χ4v) is 1.40. The van der Waals surface area contributed by atoms with Gasteiger partial charge in [0.25, 0.3) is 5.69 Å². The van der Waals surface area contributed by atoms with Gasteiger partial charge in [0.05, 0.1) is 17.1 Å². The van der Waals surface area contributed by atoms with Crippen LogP contribution in [0.5, 0.6) is 0 Å². The molecule has 0 aliphatic rings. The predicted molar refractivity (Wildman–Crippen MR) is 73.2 cm³/mol. The van der Waals surface area contributed by atoms with Gasteiger partial charge in [-0.1, -0.05) is 6.92 Å². The summed E-state index contributed by atoms with van der Waals surface area (Å²) in [6, 6.07) is 3.20. The van der Waals surface area contributed by atoms with Crippen LogP contribution in [-0.4, -0.2) is 29.5 Å². The van der Waals surface area contributed by atoms with Gasteiger partial charge >= 0.3 is 0 Å². The fraction of sp³-hybridized carbons (Fsp3) is 0.583. The average molecular weight is 252 g/mol. The summed E-state index contributed by atoms with van der Waals surface area (Å²) >= 11 is 0. The van der Waals surface area contributed by atoms with Gasteiger partial charge in [0, 0.05) is 19.6 Å². The van der Waals surface area contributed by atoms with E-state index in [-0.39, 0.29) is 11.7 Å². The number of nitrogens with one attached hydrogen (secondary N) is 1. The first kappa shape index (κ1) is 14.2. The van der Waals surface area contributed by atoms with E-state index in [9.17, 15) is 10.1 Å². The molecule has 0 fully saturated rings. The molecule has 0 amide bonds. The molecule has 6 nitrogen and oxygen atoms in total. The lowest BCUT2D eigenvalue weighted by atomic mass is 10.3. The van der Waals surface area contributed by atoms with E-state index in [1.54, 1.807) is 0 Å². The molecule has 0 aromatic carbocycles. The Labute approximate surface area is 107 Å². The lowest BCUT2D eigenvalue weighted by molar-refractivity contribution is -0.384. The lowest BCUT2D eigenvalue weighted by Crippen LogP contribution is -2.26. The van der Waals surface area contributed by atoms with Crippen LogP contribution in [0.15, 0.2) is 12.1 Å². The zero-order valence-electron chi connectivity index (χ0n) is 11.3. The van der Waals surface area contributed by atoms with Gasteiger partial charge in [-0.05, 0) is 20.3 Å². The fourth-order valence-electron chi connectivity index (χ4n) is 1.40. The van der Waals surface area contributed by atoms with E-state index in [4.69, 9.17) is 0 Å². The standard InChI is InChI=1S/C12H20N4O2/c1-5-6-13-11-7-10(16(17)18)8-12(14-11)15(4)9(2)3/h7-9H,5-6H2,1-4H3,(H,13,14). The highest BCUT2D eigenvalue weighted by atomic mass is 16.6. The van der Waals surface area contributed by atoms with Crippen LogP contribution in [0.2, 0.25) is 0 Å². The molecule has 1 heterocycles. The summed E-state index contributed by atoms with van der Waals surface area (Å²) in [6.45, 7) is 6.81.